The molecule has 0 aromatic heterocycles. The van der Waals surface area contributed by atoms with Crippen molar-refractivity contribution in [3.63, 3.8) is 0 Å². The van der Waals surface area contributed by atoms with Crippen LogP contribution in [0.1, 0.15) is 65.2 Å². The van der Waals surface area contributed by atoms with Crippen LogP contribution in [0.15, 0.2) is 0 Å². The van der Waals surface area contributed by atoms with E-state index in [4.69, 9.17) is 5.73 Å². The van der Waals surface area contributed by atoms with Crippen LogP contribution in [0, 0.1) is 11.3 Å². The third-order valence-corrected chi connectivity index (χ3v) is 4.74. The summed E-state index contributed by atoms with van der Waals surface area (Å²) in [4.78, 5) is 0. The fourth-order valence-electron chi connectivity index (χ4n) is 4.01. The van der Waals surface area contributed by atoms with E-state index >= 15 is 0 Å². The minimum atomic E-state index is 0.456. The van der Waals surface area contributed by atoms with E-state index in [-0.39, 0.29) is 0 Å². The van der Waals surface area contributed by atoms with Gasteiger partial charge in [-0.2, -0.15) is 0 Å². The molecule has 0 bridgehead atoms. The summed E-state index contributed by atoms with van der Waals surface area (Å²) in [5, 5.41) is 3.82. The number of nitrogens with one attached hydrogen (secondary N) is 1. The third kappa shape index (κ3) is 3.69. The quantitative estimate of drug-likeness (QED) is 0.772. The van der Waals surface area contributed by atoms with Crippen LogP contribution < -0.4 is 11.1 Å². The van der Waals surface area contributed by atoms with Gasteiger partial charge in [0, 0.05) is 18.6 Å². The highest BCUT2D eigenvalue weighted by Crippen LogP contribution is 2.42. The SMILES string of the molecule is CC(C)CC1(CNC2CCC(N)C2)CCCC1. The summed E-state index contributed by atoms with van der Waals surface area (Å²) in [6.07, 6.45) is 10.9. The van der Waals surface area contributed by atoms with E-state index in [2.05, 4.69) is 19.2 Å². The van der Waals surface area contributed by atoms with E-state index in [1.165, 1.54) is 57.9 Å². The van der Waals surface area contributed by atoms with Gasteiger partial charge in [0.05, 0.1) is 0 Å². The van der Waals surface area contributed by atoms with Crippen molar-refractivity contribution in [2.75, 3.05) is 6.54 Å². The molecule has 0 heterocycles. The van der Waals surface area contributed by atoms with Crippen LogP contribution >= 0.6 is 0 Å². The van der Waals surface area contributed by atoms with Gasteiger partial charge in [0.25, 0.3) is 0 Å². The van der Waals surface area contributed by atoms with Gasteiger partial charge in [0.15, 0.2) is 0 Å². The fourth-order valence-corrected chi connectivity index (χ4v) is 4.01. The van der Waals surface area contributed by atoms with Gasteiger partial charge < -0.3 is 11.1 Å². The van der Waals surface area contributed by atoms with Gasteiger partial charge in [-0.15, -0.1) is 0 Å². The molecule has 0 aromatic carbocycles. The van der Waals surface area contributed by atoms with Gasteiger partial charge in [0.2, 0.25) is 0 Å². The van der Waals surface area contributed by atoms with Crippen molar-refractivity contribution in [2.45, 2.75) is 77.3 Å². The van der Waals surface area contributed by atoms with E-state index in [1.54, 1.807) is 0 Å². The Bertz CT molecular complexity index is 231. The van der Waals surface area contributed by atoms with Crippen LogP contribution in [0.25, 0.3) is 0 Å². The molecule has 2 saturated carbocycles. The highest BCUT2D eigenvalue weighted by Gasteiger charge is 2.35. The Kier molecular flexibility index (Phi) is 4.48. The largest absolute Gasteiger partial charge is 0.328 e. The van der Waals surface area contributed by atoms with Gasteiger partial charge in [0.1, 0.15) is 0 Å². The molecule has 3 N–H and O–H groups in total. The zero-order valence-corrected chi connectivity index (χ0v) is 11.7. The molecular weight excluding hydrogens is 208 g/mol. The second-order valence-electron chi connectivity index (χ2n) is 6.96. The summed E-state index contributed by atoms with van der Waals surface area (Å²) in [5.74, 6) is 0.834. The lowest BCUT2D eigenvalue weighted by Crippen LogP contribution is -2.38. The average Bonchev–Trinajstić information content (AvgIpc) is 2.85. The van der Waals surface area contributed by atoms with E-state index in [0.717, 1.165) is 5.92 Å². The molecule has 0 amide bonds. The van der Waals surface area contributed by atoms with Crippen LogP contribution in [0.2, 0.25) is 0 Å². The van der Waals surface area contributed by atoms with Gasteiger partial charge >= 0.3 is 0 Å². The Hall–Kier alpha value is -0.0800. The maximum Gasteiger partial charge on any atom is 0.00826 e. The minimum absolute atomic E-state index is 0.456. The highest BCUT2D eigenvalue weighted by atomic mass is 14.9. The van der Waals surface area contributed by atoms with Crippen LogP contribution in [-0.4, -0.2) is 18.6 Å². The molecule has 0 spiro atoms. The molecule has 2 nitrogen and oxygen atoms in total. The van der Waals surface area contributed by atoms with Gasteiger partial charge in [-0.3, -0.25) is 0 Å². The van der Waals surface area contributed by atoms with Crippen molar-refractivity contribution in [1.82, 2.24) is 5.32 Å². The van der Waals surface area contributed by atoms with Crippen molar-refractivity contribution >= 4 is 0 Å². The minimum Gasteiger partial charge on any atom is -0.328 e. The summed E-state index contributed by atoms with van der Waals surface area (Å²) in [7, 11) is 0. The molecular formula is C15H30N2. The van der Waals surface area contributed by atoms with Crippen LogP contribution in [0.3, 0.4) is 0 Å². The summed E-state index contributed by atoms with van der Waals surface area (Å²) in [6.45, 7) is 5.97. The van der Waals surface area contributed by atoms with Gasteiger partial charge in [-0.05, 0) is 49.9 Å². The standard InChI is InChI=1S/C15H30N2/c1-12(2)10-15(7-3-4-8-15)11-17-14-6-5-13(16)9-14/h12-14,17H,3-11,16H2,1-2H3. The third-order valence-electron chi connectivity index (χ3n) is 4.74. The Morgan fingerprint density at radius 1 is 1.24 bits per heavy atom. The average molecular weight is 238 g/mol. The molecule has 0 aliphatic heterocycles. The predicted molar refractivity (Wildman–Crippen MR) is 74.0 cm³/mol. The monoisotopic (exact) mass is 238 g/mol. The van der Waals surface area contributed by atoms with Crippen molar-refractivity contribution in [2.24, 2.45) is 17.1 Å². The molecule has 0 aromatic rings. The Morgan fingerprint density at radius 3 is 2.47 bits per heavy atom. The van der Waals surface area contributed by atoms with E-state index < -0.39 is 0 Å². The summed E-state index contributed by atoms with van der Waals surface area (Å²) < 4.78 is 0. The topological polar surface area (TPSA) is 38.0 Å². The molecule has 2 fully saturated rings. The molecule has 17 heavy (non-hydrogen) atoms. The Labute approximate surface area is 107 Å². The van der Waals surface area contributed by atoms with Crippen molar-refractivity contribution < 1.29 is 0 Å². The molecule has 0 saturated heterocycles. The van der Waals surface area contributed by atoms with Crippen molar-refractivity contribution in [3.8, 4) is 0 Å². The molecule has 2 aliphatic rings. The number of nitrogens with two attached hydrogens (primary N) is 1. The smallest absolute Gasteiger partial charge is 0.00826 e. The lowest BCUT2D eigenvalue weighted by molar-refractivity contribution is 0.215. The fraction of sp³-hybridized carbons (Fsp3) is 1.00. The maximum absolute atomic E-state index is 5.98. The first-order valence-corrected chi connectivity index (χ1v) is 7.59. The lowest BCUT2D eigenvalue weighted by Gasteiger charge is -2.32. The van der Waals surface area contributed by atoms with E-state index in [1.807, 2.05) is 0 Å². The highest BCUT2D eigenvalue weighted by molar-refractivity contribution is 4.90. The molecule has 0 radical (unpaired) electrons. The van der Waals surface area contributed by atoms with Crippen LogP contribution in [-0.2, 0) is 0 Å². The Balaban J connectivity index is 1.81. The summed E-state index contributed by atoms with van der Waals surface area (Å²) >= 11 is 0. The van der Waals surface area contributed by atoms with Gasteiger partial charge in [-0.1, -0.05) is 26.7 Å². The molecule has 2 atom stereocenters. The second-order valence-corrected chi connectivity index (χ2v) is 6.96. The van der Waals surface area contributed by atoms with E-state index in [0.29, 0.717) is 17.5 Å². The molecule has 2 unspecified atom stereocenters. The van der Waals surface area contributed by atoms with Crippen LogP contribution in [0.5, 0.6) is 0 Å². The number of hydrogen-bond acceptors (Lipinski definition) is 2. The molecule has 2 aliphatic carbocycles. The first-order valence-electron chi connectivity index (χ1n) is 7.59. The first kappa shape index (κ1) is 13.4. The van der Waals surface area contributed by atoms with Crippen molar-refractivity contribution in [3.05, 3.63) is 0 Å². The zero-order valence-electron chi connectivity index (χ0n) is 11.7. The molecule has 2 rings (SSSR count). The number of rotatable bonds is 5. The van der Waals surface area contributed by atoms with E-state index in [9.17, 15) is 0 Å². The summed E-state index contributed by atoms with van der Waals surface area (Å²) in [6, 6.07) is 1.16. The zero-order chi connectivity index (χ0) is 12.3. The first-order chi connectivity index (χ1) is 8.10. The normalized spacial score (nSPS) is 32.5. The maximum atomic E-state index is 5.98. The second kappa shape index (κ2) is 5.71. The Morgan fingerprint density at radius 2 is 1.94 bits per heavy atom. The summed E-state index contributed by atoms with van der Waals surface area (Å²) in [5.41, 5.74) is 6.59. The van der Waals surface area contributed by atoms with Crippen molar-refractivity contribution in [1.29, 1.82) is 0 Å². The van der Waals surface area contributed by atoms with Crippen LogP contribution in [0.4, 0.5) is 0 Å². The molecule has 100 valence electrons. The van der Waals surface area contributed by atoms with Gasteiger partial charge in [-0.25, -0.2) is 0 Å². The number of hydrogen-bond donors (Lipinski definition) is 2. The lowest BCUT2D eigenvalue weighted by atomic mass is 9.78. The predicted octanol–water partition coefficient (Wildman–Crippen LogP) is 3.06. The molecule has 2 heteroatoms.